The number of carbonyl (C=O) groups is 2. The Morgan fingerprint density at radius 1 is 0.895 bits per heavy atom. The molecule has 0 aliphatic carbocycles. The SMILES string of the molecule is COCCNC(=O)c1cc(NC(=O)[C@@H](Cl)c2ccccc2)ccc1N1CCN(c2ccccc2OC)CC1. The maximum absolute atomic E-state index is 13.2. The van der Waals surface area contributed by atoms with E-state index in [-0.39, 0.29) is 11.8 Å². The minimum Gasteiger partial charge on any atom is -0.495 e. The van der Waals surface area contributed by atoms with Gasteiger partial charge in [-0.1, -0.05) is 42.5 Å². The number of alkyl halides is 1. The van der Waals surface area contributed by atoms with Crippen molar-refractivity contribution in [2.24, 2.45) is 0 Å². The van der Waals surface area contributed by atoms with Crippen LogP contribution in [0.5, 0.6) is 5.75 Å². The fourth-order valence-corrected chi connectivity index (χ4v) is 4.69. The highest BCUT2D eigenvalue weighted by atomic mass is 35.5. The van der Waals surface area contributed by atoms with Gasteiger partial charge in [0.15, 0.2) is 0 Å². The Morgan fingerprint density at radius 3 is 2.24 bits per heavy atom. The largest absolute Gasteiger partial charge is 0.495 e. The summed E-state index contributed by atoms with van der Waals surface area (Å²) >= 11 is 6.41. The molecule has 2 amide bonds. The number of benzene rings is 3. The molecule has 1 fully saturated rings. The number of nitrogens with one attached hydrogen (secondary N) is 2. The van der Waals surface area contributed by atoms with Gasteiger partial charge in [0.05, 0.1) is 25.0 Å². The molecule has 1 aliphatic rings. The van der Waals surface area contributed by atoms with Crippen LogP contribution in [-0.4, -0.2) is 65.4 Å². The van der Waals surface area contributed by atoms with E-state index in [1.54, 1.807) is 38.5 Å². The molecule has 4 rings (SSSR count). The predicted molar refractivity (Wildman–Crippen MR) is 152 cm³/mol. The van der Waals surface area contributed by atoms with Gasteiger partial charge in [0.1, 0.15) is 11.1 Å². The molecule has 1 aliphatic heterocycles. The number of methoxy groups -OCH3 is 2. The van der Waals surface area contributed by atoms with E-state index in [0.717, 1.165) is 43.3 Å². The number of nitrogens with zero attached hydrogens (tertiary/aromatic N) is 2. The topological polar surface area (TPSA) is 83.1 Å². The first-order valence-corrected chi connectivity index (χ1v) is 13.0. The van der Waals surface area contributed by atoms with Crippen LogP contribution in [0.2, 0.25) is 0 Å². The number of amides is 2. The maximum atomic E-state index is 13.2. The van der Waals surface area contributed by atoms with Crippen molar-refractivity contribution in [3.63, 3.8) is 0 Å². The fraction of sp³-hybridized carbons (Fsp3) is 0.310. The number of halogens is 1. The predicted octanol–water partition coefficient (Wildman–Crippen LogP) is 4.32. The molecule has 200 valence electrons. The smallest absolute Gasteiger partial charge is 0.253 e. The van der Waals surface area contributed by atoms with Crippen molar-refractivity contribution in [3.05, 3.63) is 83.9 Å². The molecule has 0 saturated carbocycles. The van der Waals surface area contributed by atoms with Gasteiger partial charge < -0.3 is 29.9 Å². The number of rotatable bonds is 10. The third-order valence-corrected chi connectivity index (χ3v) is 6.92. The van der Waals surface area contributed by atoms with Crippen LogP contribution >= 0.6 is 11.6 Å². The van der Waals surface area contributed by atoms with Gasteiger partial charge in [-0.25, -0.2) is 0 Å². The molecule has 0 aromatic heterocycles. The number of anilines is 3. The highest BCUT2D eigenvalue weighted by molar-refractivity contribution is 6.32. The molecule has 3 aromatic rings. The normalized spacial score (nSPS) is 14.1. The van der Waals surface area contributed by atoms with Gasteiger partial charge in [0, 0.05) is 51.2 Å². The van der Waals surface area contributed by atoms with Crippen LogP contribution in [0.25, 0.3) is 0 Å². The molecule has 2 N–H and O–H groups in total. The lowest BCUT2D eigenvalue weighted by Crippen LogP contribution is -2.47. The lowest BCUT2D eigenvalue weighted by Gasteiger charge is -2.38. The summed E-state index contributed by atoms with van der Waals surface area (Å²) in [5, 5.41) is 4.91. The highest BCUT2D eigenvalue weighted by Crippen LogP contribution is 2.31. The zero-order valence-corrected chi connectivity index (χ0v) is 22.4. The number of piperazine rings is 1. The van der Waals surface area contributed by atoms with Crippen molar-refractivity contribution in [3.8, 4) is 5.75 Å². The summed E-state index contributed by atoms with van der Waals surface area (Å²) in [5.74, 6) is 0.250. The first-order valence-electron chi connectivity index (χ1n) is 12.6. The maximum Gasteiger partial charge on any atom is 0.253 e. The number of carbonyl (C=O) groups excluding carboxylic acids is 2. The van der Waals surface area contributed by atoms with Gasteiger partial charge in [-0.15, -0.1) is 11.6 Å². The fourth-order valence-electron chi connectivity index (χ4n) is 4.49. The van der Waals surface area contributed by atoms with E-state index in [0.29, 0.717) is 30.0 Å². The Hall–Kier alpha value is -3.75. The van der Waals surface area contributed by atoms with E-state index in [1.165, 1.54) is 0 Å². The third kappa shape index (κ3) is 6.57. The number of ether oxygens (including phenoxy) is 2. The van der Waals surface area contributed by atoms with Crippen LogP contribution in [-0.2, 0) is 9.53 Å². The Morgan fingerprint density at radius 2 is 1.55 bits per heavy atom. The monoisotopic (exact) mass is 536 g/mol. The Bertz CT molecular complexity index is 1230. The van der Waals surface area contributed by atoms with Gasteiger partial charge in [-0.05, 0) is 35.9 Å². The average Bonchev–Trinajstić information content (AvgIpc) is 2.97. The van der Waals surface area contributed by atoms with Crippen molar-refractivity contribution >= 4 is 40.5 Å². The summed E-state index contributed by atoms with van der Waals surface area (Å²) in [4.78, 5) is 30.5. The summed E-state index contributed by atoms with van der Waals surface area (Å²) in [5.41, 5.74) is 3.55. The summed E-state index contributed by atoms with van der Waals surface area (Å²) in [6.07, 6.45) is 0. The summed E-state index contributed by atoms with van der Waals surface area (Å²) in [6.45, 7) is 3.77. The van der Waals surface area contributed by atoms with Crippen LogP contribution in [0, 0.1) is 0 Å². The van der Waals surface area contributed by atoms with Crippen molar-refractivity contribution in [2.45, 2.75) is 5.38 Å². The third-order valence-electron chi connectivity index (χ3n) is 6.47. The van der Waals surface area contributed by atoms with Crippen LogP contribution in [0.15, 0.2) is 72.8 Å². The second-order valence-corrected chi connectivity index (χ2v) is 9.33. The minimum absolute atomic E-state index is 0.231. The molecule has 0 unspecified atom stereocenters. The van der Waals surface area contributed by atoms with Crippen molar-refractivity contribution < 1.29 is 19.1 Å². The average molecular weight is 537 g/mol. The minimum atomic E-state index is -0.849. The van der Waals surface area contributed by atoms with E-state index in [2.05, 4.69) is 26.5 Å². The molecule has 1 heterocycles. The molecule has 0 radical (unpaired) electrons. The Balaban J connectivity index is 1.52. The molecule has 0 spiro atoms. The zero-order valence-electron chi connectivity index (χ0n) is 21.7. The molecule has 1 saturated heterocycles. The van der Waals surface area contributed by atoms with Crippen LogP contribution in [0.3, 0.4) is 0 Å². The zero-order chi connectivity index (χ0) is 26.9. The number of hydrogen-bond acceptors (Lipinski definition) is 6. The van der Waals surface area contributed by atoms with Gasteiger partial charge in [0.2, 0.25) is 5.91 Å². The summed E-state index contributed by atoms with van der Waals surface area (Å²) in [7, 11) is 3.26. The van der Waals surface area contributed by atoms with Crippen LogP contribution in [0.4, 0.5) is 17.1 Å². The van der Waals surface area contributed by atoms with E-state index >= 15 is 0 Å². The van der Waals surface area contributed by atoms with Crippen molar-refractivity contribution in [2.75, 3.05) is 68.7 Å². The van der Waals surface area contributed by atoms with Crippen molar-refractivity contribution in [1.29, 1.82) is 0 Å². The molecule has 3 aromatic carbocycles. The number of hydrogen-bond donors (Lipinski definition) is 2. The highest BCUT2D eigenvalue weighted by Gasteiger charge is 2.24. The molecular formula is C29H33ClN4O4. The molecule has 9 heteroatoms. The van der Waals surface area contributed by atoms with Gasteiger partial charge in [0.25, 0.3) is 5.91 Å². The first kappa shape index (κ1) is 27.3. The van der Waals surface area contributed by atoms with E-state index in [4.69, 9.17) is 21.1 Å². The molecule has 38 heavy (non-hydrogen) atoms. The molecule has 0 bridgehead atoms. The standard InChI is InChI=1S/C29H33ClN4O4/c1-37-19-14-31-28(35)23-20-22(32-29(36)27(30)21-8-4-3-5-9-21)12-13-24(23)33-15-17-34(18-16-33)25-10-6-7-11-26(25)38-2/h3-13,20,27H,14-19H2,1-2H3,(H,31,35)(H,32,36)/t27-/m0/s1. The van der Waals surface area contributed by atoms with Crippen LogP contribution < -0.4 is 25.2 Å². The lowest BCUT2D eigenvalue weighted by atomic mass is 10.1. The Labute approximate surface area is 228 Å². The van der Waals surface area contributed by atoms with Gasteiger partial charge >= 0.3 is 0 Å². The van der Waals surface area contributed by atoms with Crippen molar-refractivity contribution in [1.82, 2.24) is 5.32 Å². The van der Waals surface area contributed by atoms with E-state index in [1.807, 2.05) is 42.5 Å². The number of para-hydroxylation sites is 2. The van der Waals surface area contributed by atoms with E-state index < -0.39 is 5.38 Å². The first-order chi connectivity index (χ1) is 18.5. The van der Waals surface area contributed by atoms with Gasteiger partial charge in [-0.2, -0.15) is 0 Å². The second-order valence-electron chi connectivity index (χ2n) is 8.89. The van der Waals surface area contributed by atoms with Gasteiger partial charge in [-0.3, -0.25) is 9.59 Å². The quantitative estimate of drug-likeness (QED) is 0.297. The van der Waals surface area contributed by atoms with Crippen LogP contribution in [0.1, 0.15) is 21.3 Å². The van der Waals surface area contributed by atoms with E-state index in [9.17, 15) is 9.59 Å². The summed E-state index contributed by atoms with van der Waals surface area (Å²) in [6, 6.07) is 22.5. The molecule has 1 atom stereocenters. The molecular weight excluding hydrogens is 504 g/mol. The molecule has 8 nitrogen and oxygen atoms in total. The summed E-state index contributed by atoms with van der Waals surface area (Å²) < 4.78 is 10.6. The lowest BCUT2D eigenvalue weighted by molar-refractivity contribution is -0.116. The second kappa shape index (κ2) is 13.2. The Kier molecular flexibility index (Phi) is 9.46.